The maximum Gasteiger partial charge on any atom is 0.132 e. The Hall–Kier alpha value is -1.52. The molecule has 1 rings (SSSR count). The predicted octanol–water partition coefficient (Wildman–Crippen LogP) is 1.98. The first kappa shape index (κ1) is 12.5. The monoisotopic (exact) mass is 238 g/mol. The van der Waals surface area contributed by atoms with Crippen molar-refractivity contribution < 1.29 is 0 Å². The van der Waals surface area contributed by atoms with Crippen LogP contribution in [-0.2, 0) is 0 Å². The highest BCUT2D eigenvalue weighted by Crippen LogP contribution is 2.07. The highest BCUT2D eigenvalue weighted by molar-refractivity contribution is 6.30. The molecule has 16 heavy (non-hydrogen) atoms. The number of hydrazone groups is 1. The molecule has 86 valence electrons. The summed E-state index contributed by atoms with van der Waals surface area (Å²) in [6.45, 7) is 3.86. The second-order valence-electron chi connectivity index (χ2n) is 3.44. The van der Waals surface area contributed by atoms with Crippen LogP contribution in [0, 0.1) is 0 Å². The van der Waals surface area contributed by atoms with Gasteiger partial charge in [-0.15, -0.1) is 0 Å². The van der Waals surface area contributed by atoms with Crippen LogP contribution in [0.4, 0.5) is 0 Å². The van der Waals surface area contributed by atoms with Gasteiger partial charge in [-0.25, -0.2) is 5.84 Å². The number of halogens is 1. The van der Waals surface area contributed by atoms with E-state index in [9.17, 15) is 0 Å². The van der Waals surface area contributed by atoms with E-state index in [1.807, 2.05) is 38.1 Å². The summed E-state index contributed by atoms with van der Waals surface area (Å²) in [7, 11) is 0. The fraction of sp³-hybridized carbons (Fsp3) is 0.182. The van der Waals surface area contributed by atoms with Gasteiger partial charge in [-0.05, 0) is 37.1 Å². The van der Waals surface area contributed by atoms with E-state index in [1.54, 1.807) is 6.21 Å². The first-order valence-electron chi connectivity index (χ1n) is 4.82. The van der Waals surface area contributed by atoms with Gasteiger partial charge in [-0.2, -0.15) is 5.10 Å². The average Bonchev–Trinajstić information content (AvgIpc) is 2.26. The van der Waals surface area contributed by atoms with Crippen LogP contribution < -0.4 is 16.7 Å². The normalized spacial score (nSPS) is 10.2. The molecule has 0 radical (unpaired) electrons. The van der Waals surface area contributed by atoms with Gasteiger partial charge in [-0.3, -0.25) is 5.43 Å². The number of nitrogens with zero attached hydrogens (tertiary/aromatic N) is 1. The Kier molecular flexibility index (Phi) is 4.82. The van der Waals surface area contributed by atoms with Gasteiger partial charge in [0.15, 0.2) is 0 Å². The molecule has 0 fully saturated rings. The standard InChI is InChI=1S/C11H15ClN4/c1-8(2)11(15-13)16-14-7-9-3-5-10(12)6-4-9/h3-7,15-16H,13H2,1-2H3/b14-7+. The van der Waals surface area contributed by atoms with E-state index in [4.69, 9.17) is 17.4 Å². The number of hydrazine groups is 1. The second kappa shape index (κ2) is 6.15. The van der Waals surface area contributed by atoms with Crippen molar-refractivity contribution in [3.05, 3.63) is 46.2 Å². The highest BCUT2D eigenvalue weighted by Gasteiger charge is 1.93. The zero-order valence-electron chi connectivity index (χ0n) is 9.29. The molecule has 4 nitrogen and oxygen atoms in total. The number of hydrogen-bond donors (Lipinski definition) is 3. The molecule has 0 spiro atoms. The Morgan fingerprint density at radius 1 is 1.31 bits per heavy atom. The van der Waals surface area contributed by atoms with Crippen LogP contribution in [0.1, 0.15) is 19.4 Å². The van der Waals surface area contributed by atoms with Gasteiger partial charge in [0.05, 0.1) is 6.21 Å². The van der Waals surface area contributed by atoms with Crippen LogP contribution >= 0.6 is 11.6 Å². The van der Waals surface area contributed by atoms with Crippen LogP contribution in [0.15, 0.2) is 40.8 Å². The summed E-state index contributed by atoms with van der Waals surface area (Å²) in [5.74, 6) is 6.00. The topological polar surface area (TPSA) is 62.4 Å². The van der Waals surface area contributed by atoms with Crippen LogP contribution in [-0.4, -0.2) is 6.21 Å². The van der Waals surface area contributed by atoms with Gasteiger partial charge in [0.25, 0.3) is 0 Å². The molecule has 1 aromatic rings. The lowest BCUT2D eigenvalue weighted by Gasteiger charge is -2.06. The summed E-state index contributed by atoms with van der Waals surface area (Å²) in [5, 5.41) is 4.75. The van der Waals surface area contributed by atoms with Gasteiger partial charge in [0, 0.05) is 5.02 Å². The molecule has 0 unspecified atom stereocenters. The third-order valence-corrected chi connectivity index (χ3v) is 2.16. The number of rotatable bonds is 4. The number of hydrogen-bond acceptors (Lipinski definition) is 4. The molecule has 4 N–H and O–H groups in total. The third-order valence-electron chi connectivity index (χ3n) is 1.90. The molecule has 0 saturated heterocycles. The molecule has 0 aliphatic rings. The lowest BCUT2D eigenvalue weighted by atomic mass is 10.2. The van der Waals surface area contributed by atoms with E-state index in [0.717, 1.165) is 11.1 Å². The highest BCUT2D eigenvalue weighted by atomic mass is 35.5. The van der Waals surface area contributed by atoms with E-state index in [0.29, 0.717) is 10.8 Å². The first-order valence-corrected chi connectivity index (χ1v) is 5.20. The van der Waals surface area contributed by atoms with Crippen molar-refractivity contribution in [2.24, 2.45) is 10.9 Å². The number of allylic oxidation sites excluding steroid dienone is 1. The molecular formula is C11H15ClN4. The summed E-state index contributed by atoms with van der Waals surface area (Å²) >= 11 is 5.77. The molecule has 0 aromatic heterocycles. The number of benzene rings is 1. The smallest absolute Gasteiger partial charge is 0.132 e. The number of nitrogens with one attached hydrogen (secondary N) is 2. The molecule has 0 atom stereocenters. The molecule has 5 heteroatoms. The lowest BCUT2D eigenvalue weighted by Crippen LogP contribution is -2.29. The Morgan fingerprint density at radius 2 is 1.94 bits per heavy atom. The van der Waals surface area contributed by atoms with Gasteiger partial charge in [0.1, 0.15) is 5.82 Å². The average molecular weight is 239 g/mol. The van der Waals surface area contributed by atoms with Crippen molar-refractivity contribution >= 4 is 17.8 Å². The summed E-state index contributed by atoms with van der Waals surface area (Å²) in [5.41, 5.74) is 7.33. The Morgan fingerprint density at radius 3 is 2.44 bits per heavy atom. The Labute approximate surface area is 100 Å². The molecule has 0 aliphatic heterocycles. The zero-order chi connectivity index (χ0) is 12.0. The van der Waals surface area contributed by atoms with Crippen LogP contribution in [0.5, 0.6) is 0 Å². The van der Waals surface area contributed by atoms with E-state index in [2.05, 4.69) is 16.0 Å². The minimum atomic E-state index is 0.685. The second-order valence-corrected chi connectivity index (χ2v) is 3.88. The Balaban J connectivity index is 2.61. The van der Waals surface area contributed by atoms with E-state index < -0.39 is 0 Å². The molecule has 0 saturated carbocycles. The quantitative estimate of drug-likeness (QED) is 0.427. The van der Waals surface area contributed by atoms with E-state index >= 15 is 0 Å². The van der Waals surface area contributed by atoms with Crippen LogP contribution in [0.25, 0.3) is 0 Å². The van der Waals surface area contributed by atoms with Crippen LogP contribution in [0.2, 0.25) is 5.02 Å². The third kappa shape index (κ3) is 3.92. The van der Waals surface area contributed by atoms with Crippen molar-refractivity contribution in [1.29, 1.82) is 0 Å². The maximum atomic E-state index is 5.77. The van der Waals surface area contributed by atoms with Crippen LogP contribution in [0.3, 0.4) is 0 Å². The first-order chi connectivity index (χ1) is 7.63. The van der Waals surface area contributed by atoms with Crippen molar-refractivity contribution in [3.63, 3.8) is 0 Å². The minimum Gasteiger partial charge on any atom is -0.309 e. The van der Waals surface area contributed by atoms with Gasteiger partial charge in [-0.1, -0.05) is 23.7 Å². The lowest BCUT2D eigenvalue weighted by molar-refractivity contribution is 0.726. The maximum absolute atomic E-state index is 5.77. The minimum absolute atomic E-state index is 0.685. The molecule has 0 amide bonds. The predicted molar refractivity (Wildman–Crippen MR) is 67.9 cm³/mol. The molecule has 0 aliphatic carbocycles. The number of nitrogens with two attached hydrogens (primary N) is 1. The molecule has 0 heterocycles. The van der Waals surface area contributed by atoms with Crippen molar-refractivity contribution in [3.8, 4) is 0 Å². The summed E-state index contributed by atoms with van der Waals surface area (Å²) in [4.78, 5) is 0. The summed E-state index contributed by atoms with van der Waals surface area (Å²) in [6.07, 6.45) is 1.69. The SMILES string of the molecule is CC(C)=C(NN)N/N=C/c1ccc(Cl)cc1. The fourth-order valence-electron chi connectivity index (χ4n) is 1.01. The van der Waals surface area contributed by atoms with Gasteiger partial charge in [0.2, 0.25) is 0 Å². The molecule has 0 bridgehead atoms. The van der Waals surface area contributed by atoms with E-state index in [1.165, 1.54) is 0 Å². The Bertz CT molecular complexity index is 391. The fourth-order valence-corrected chi connectivity index (χ4v) is 1.13. The van der Waals surface area contributed by atoms with Crippen molar-refractivity contribution in [1.82, 2.24) is 10.9 Å². The molecule has 1 aromatic carbocycles. The van der Waals surface area contributed by atoms with Gasteiger partial charge >= 0.3 is 0 Å². The van der Waals surface area contributed by atoms with E-state index in [-0.39, 0.29) is 0 Å². The summed E-state index contributed by atoms with van der Waals surface area (Å²) < 4.78 is 0. The van der Waals surface area contributed by atoms with Crippen molar-refractivity contribution in [2.75, 3.05) is 0 Å². The molecular weight excluding hydrogens is 224 g/mol. The van der Waals surface area contributed by atoms with Gasteiger partial charge < -0.3 is 5.43 Å². The van der Waals surface area contributed by atoms with Crippen molar-refractivity contribution in [2.45, 2.75) is 13.8 Å². The zero-order valence-corrected chi connectivity index (χ0v) is 10.0. The largest absolute Gasteiger partial charge is 0.309 e. The summed E-state index contributed by atoms with van der Waals surface area (Å²) in [6, 6.07) is 7.38.